The second-order valence-electron chi connectivity index (χ2n) is 8.91. The van der Waals surface area contributed by atoms with E-state index in [1.165, 1.54) is 12.8 Å². The minimum atomic E-state index is 0.00770. The molecule has 5 rings (SSSR count). The lowest BCUT2D eigenvalue weighted by atomic mass is 9.73. The third-order valence-corrected chi connectivity index (χ3v) is 6.75. The summed E-state index contributed by atoms with van der Waals surface area (Å²) in [6, 6.07) is 7.50. The van der Waals surface area contributed by atoms with Crippen molar-refractivity contribution in [2.75, 3.05) is 33.7 Å². The van der Waals surface area contributed by atoms with Gasteiger partial charge in [0.25, 0.3) is 5.56 Å². The first kappa shape index (κ1) is 17.3. The first-order valence-electron chi connectivity index (χ1n) is 9.98. The van der Waals surface area contributed by atoms with Gasteiger partial charge < -0.3 is 9.64 Å². The van der Waals surface area contributed by atoms with Crippen LogP contribution in [-0.4, -0.2) is 64.6 Å². The number of fused-ring (bicyclic) bond motifs is 2. The normalized spacial score (nSPS) is 32.7. The van der Waals surface area contributed by atoms with Gasteiger partial charge in [-0.15, -0.1) is 0 Å². The highest BCUT2D eigenvalue weighted by molar-refractivity contribution is 5.40. The molecule has 5 heterocycles. The highest BCUT2D eigenvalue weighted by Crippen LogP contribution is 2.55. The Labute approximate surface area is 159 Å². The van der Waals surface area contributed by atoms with Crippen LogP contribution in [0.4, 0.5) is 0 Å². The summed E-state index contributed by atoms with van der Waals surface area (Å²) in [6.45, 7) is 5.77. The van der Waals surface area contributed by atoms with Crippen LogP contribution in [0.3, 0.4) is 0 Å². The highest BCUT2D eigenvalue weighted by atomic mass is 16.5. The maximum Gasteiger partial charge on any atom is 0.258 e. The summed E-state index contributed by atoms with van der Waals surface area (Å²) in [7, 11) is 4.31. The lowest BCUT2D eigenvalue weighted by molar-refractivity contribution is 0.00136. The summed E-state index contributed by atoms with van der Waals surface area (Å²) in [6.07, 6.45) is 2.80. The maximum atomic E-state index is 12.6. The fraction of sp³-hybridized carbons (Fsp3) is 0.619. The molecule has 4 atom stereocenters. The molecule has 0 aliphatic carbocycles. The molecule has 0 unspecified atom stereocenters. The van der Waals surface area contributed by atoms with Gasteiger partial charge in [-0.05, 0) is 46.0 Å². The molecular formula is C21H28N4O2. The zero-order valence-corrected chi connectivity index (χ0v) is 16.4. The number of hydrogen-bond acceptors (Lipinski definition) is 5. The second-order valence-corrected chi connectivity index (χ2v) is 8.91. The lowest BCUT2D eigenvalue weighted by Gasteiger charge is -2.31. The summed E-state index contributed by atoms with van der Waals surface area (Å²) in [5.74, 6) is 1.22. The van der Waals surface area contributed by atoms with E-state index >= 15 is 0 Å². The van der Waals surface area contributed by atoms with Gasteiger partial charge in [0, 0.05) is 49.8 Å². The monoisotopic (exact) mass is 368 g/mol. The van der Waals surface area contributed by atoms with Crippen LogP contribution in [0.5, 0.6) is 0 Å². The first-order valence-corrected chi connectivity index (χ1v) is 9.98. The zero-order chi connectivity index (χ0) is 18.8. The van der Waals surface area contributed by atoms with Crippen LogP contribution in [-0.2, 0) is 11.3 Å². The maximum absolute atomic E-state index is 12.6. The molecule has 3 aliphatic rings. The number of ether oxygens (including phenoxy) is 1. The van der Waals surface area contributed by atoms with Gasteiger partial charge in [0.05, 0.1) is 17.4 Å². The Morgan fingerprint density at radius 2 is 2.22 bits per heavy atom. The summed E-state index contributed by atoms with van der Waals surface area (Å²) in [5.41, 5.74) is 2.56. The van der Waals surface area contributed by atoms with Crippen molar-refractivity contribution in [2.45, 2.75) is 38.0 Å². The van der Waals surface area contributed by atoms with Gasteiger partial charge in [-0.1, -0.05) is 6.07 Å². The van der Waals surface area contributed by atoms with E-state index in [2.05, 4.69) is 23.9 Å². The topological polar surface area (TPSA) is 50.1 Å². The van der Waals surface area contributed by atoms with Crippen LogP contribution in [0.15, 0.2) is 29.1 Å². The minimum Gasteiger partial charge on any atom is -0.370 e. The number of hydrogen-bond donors (Lipinski definition) is 0. The zero-order valence-electron chi connectivity index (χ0n) is 16.4. The van der Waals surface area contributed by atoms with E-state index in [-0.39, 0.29) is 11.2 Å². The molecule has 2 aromatic heterocycles. The Balaban J connectivity index is 1.39. The smallest absolute Gasteiger partial charge is 0.258 e. The van der Waals surface area contributed by atoms with Crippen LogP contribution in [0.25, 0.3) is 5.65 Å². The van der Waals surface area contributed by atoms with E-state index < -0.39 is 0 Å². The van der Waals surface area contributed by atoms with Crippen molar-refractivity contribution in [2.24, 2.45) is 11.8 Å². The largest absolute Gasteiger partial charge is 0.370 e. The van der Waals surface area contributed by atoms with E-state index in [1.54, 1.807) is 10.5 Å². The van der Waals surface area contributed by atoms with E-state index in [1.807, 2.05) is 25.1 Å². The number of nitrogens with zero attached hydrogens (tertiary/aromatic N) is 4. The average molecular weight is 368 g/mol. The third kappa shape index (κ3) is 2.73. The predicted molar refractivity (Wildman–Crippen MR) is 104 cm³/mol. The van der Waals surface area contributed by atoms with Crippen molar-refractivity contribution in [3.05, 3.63) is 46.0 Å². The summed E-state index contributed by atoms with van der Waals surface area (Å²) < 4.78 is 8.20. The standard InChI is InChI=1S/C21H28N4O2/c1-14-5-4-6-19-22-15(9-20(26)25(14)19)10-24-12-17-16(11-23(2)3)18-7-8-21(17,13-24)27-18/h4-6,9,16-18H,7-8,10-13H2,1-3H3/t16-,17+,18+,21+/m0/s1. The third-order valence-electron chi connectivity index (χ3n) is 6.75. The molecule has 0 saturated carbocycles. The van der Waals surface area contributed by atoms with Crippen LogP contribution in [0, 0.1) is 18.8 Å². The molecule has 0 aromatic carbocycles. The quantitative estimate of drug-likeness (QED) is 0.819. The Morgan fingerprint density at radius 3 is 3.04 bits per heavy atom. The highest BCUT2D eigenvalue weighted by Gasteiger charge is 2.62. The van der Waals surface area contributed by atoms with Crippen molar-refractivity contribution in [3.8, 4) is 0 Å². The van der Waals surface area contributed by atoms with E-state index in [0.717, 1.165) is 43.2 Å². The molecule has 6 heteroatoms. The SMILES string of the molecule is Cc1cccc2nc(CN3C[C@@H]4[C@H](CN(C)C)[C@H]5CC[C@]4(C3)O5)cc(=O)n12. The Hall–Kier alpha value is -1.76. The van der Waals surface area contributed by atoms with Crippen LogP contribution in [0.2, 0.25) is 0 Å². The van der Waals surface area contributed by atoms with Crippen LogP contribution in [0.1, 0.15) is 24.2 Å². The number of likely N-dealkylation sites (tertiary alicyclic amines) is 1. The average Bonchev–Trinajstić information content (AvgIpc) is 3.23. The number of aromatic nitrogens is 2. The number of aryl methyl sites for hydroxylation is 1. The molecule has 0 amide bonds. The first-order chi connectivity index (χ1) is 12.9. The second kappa shape index (κ2) is 6.12. The molecule has 0 radical (unpaired) electrons. The van der Waals surface area contributed by atoms with Gasteiger partial charge in [0.2, 0.25) is 0 Å². The molecule has 2 bridgehead atoms. The number of rotatable bonds is 4. The molecule has 0 N–H and O–H groups in total. The van der Waals surface area contributed by atoms with Crippen molar-refractivity contribution in [3.63, 3.8) is 0 Å². The molecule has 1 spiro atoms. The van der Waals surface area contributed by atoms with E-state index in [4.69, 9.17) is 9.72 Å². The molecule has 2 aromatic rings. The summed E-state index contributed by atoms with van der Waals surface area (Å²) >= 11 is 0. The fourth-order valence-corrected chi connectivity index (χ4v) is 5.75. The van der Waals surface area contributed by atoms with E-state index in [0.29, 0.717) is 17.9 Å². The van der Waals surface area contributed by atoms with Gasteiger partial charge in [-0.2, -0.15) is 0 Å². The molecule has 6 nitrogen and oxygen atoms in total. The van der Waals surface area contributed by atoms with Crippen LogP contribution < -0.4 is 5.56 Å². The predicted octanol–water partition coefficient (Wildman–Crippen LogP) is 1.54. The molecule has 3 fully saturated rings. The van der Waals surface area contributed by atoms with Gasteiger partial charge in [-0.25, -0.2) is 4.98 Å². The van der Waals surface area contributed by atoms with Crippen molar-refractivity contribution >= 4 is 5.65 Å². The van der Waals surface area contributed by atoms with Gasteiger partial charge in [-0.3, -0.25) is 14.1 Å². The Morgan fingerprint density at radius 1 is 1.37 bits per heavy atom. The Kier molecular flexibility index (Phi) is 3.93. The van der Waals surface area contributed by atoms with Gasteiger partial charge in [0.15, 0.2) is 0 Å². The van der Waals surface area contributed by atoms with Crippen molar-refractivity contribution in [1.82, 2.24) is 19.2 Å². The lowest BCUT2D eigenvalue weighted by Crippen LogP contribution is -2.40. The van der Waals surface area contributed by atoms with E-state index in [9.17, 15) is 4.79 Å². The van der Waals surface area contributed by atoms with Crippen LogP contribution >= 0.6 is 0 Å². The fourth-order valence-electron chi connectivity index (χ4n) is 5.75. The Bertz CT molecular complexity index is 939. The van der Waals surface area contributed by atoms with Gasteiger partial charge >= 0.3 is 0 Å². The molecular weight excluding hydrogens is 340 g/mol. The summed E-state index contributed by atoms with van der Waals surface area (Å²) in [4.78, 5) is 22.1. The van der Waals surface area contributed by atoms with Gasteiger partial charge in [0.1, 0.15) is 5.65 Å². The van der Waals surface area contributed by atoms with Crippen molar-refractivity contribution < 1.29 is 4.74 Å². The molecule has 144 valence electrons. The minimum absolute atomic E-state index is 0.00770. The molecule has 3 saturated heterocycles. The molecule has 27 heavy (non-hydrogen) atoms. The number of pyridine rings is 1. The van der Waals surface area contributed by atoms with Crippen molar-refractivity contribution in [1.29, 1.82) is 0 Å². The molecule has 3 aliphatic heterocycles. The summed E-state index contributed by atoms with van der Waals surface area (Å²) in [5, 5.41) is 0.